The summed E-state index contributed by atoms with van der Waals surface area (Å²) in [6.07, 6.45) is 0. The van der Waals surface area contributed by atoms with Gasteiger partial charge in [0.2, 0.25) is 10.0 Å². The zero-order valence-corrected chi connectivity index (χ0v) is 11.3. The number of benzene rings is 1. The zero-order chi connectivity index (χ0) is 13.3. The molecule has 1 heterocycles. The quantitative estimate of drug-likeness (QED) is 0.877. The Morgan fingerprint density at radius 3 is 2.83 bits per heavy atom. The first-order valence-corrected chi connectivity index (χ1v) is 7.36. The molecular weight excluding hydrogens is 255 g/mol. The van der Waals surface area contributed by atoms with Crippen LogP contribution in [0.1, 0.15) is 12.5 Å². The molecule has 1 fully saturated rings. The van der Waals surface area contributed by atoms with E-state index in [-0.39, 0.29) is 10.9 Å². The largest absolute Gasteiger partial charge is 0.314 e. The van der Waals surface area contributed by atoms with E-state index in [1.54, 1.807) is 19.1 Å². The van der Waals surface area contributed by atoms with Gasteiger partial charge in [-0.2, -0.15) is 4.31 Å². The van der Waals surface area contributed by atoms with Gasteiger partial charge in [-0.1, -0.05) is 12.1 Å². The highest BCUT2D eigenvalue weighted by Gasteiger charge is 2.32. The van der Waals surface area contributed by atoms with E-state index in [1.807, 2.05) is 6.92 Å². The minimum atomic E-state index is -3.75. The maximum Gasteiger partial charge on any atom is 0.246 e. The van der Waals surface area contributed by atoms with E-state index < -0.39 is 15.8 Å². The van der Waals surface area contributed by atoms with Gasteiger partial charge in [0.05, 0.1) is 0 Å². The third-order valence-electron chi connectivity index (χ3n) is 3.18. The molecule has 1 aliphatic rings. The summed E-state index contributed by atoms with van der Waals surface area (Å²) in [7, 11) is -3.75. The lowest BCUT2D eigenvalue weighted by molar-refractivity contribution is 0.283. The Balaban J connectivity index is 2.44. The summed E-state index contributed by atoms with van der Waals surface area (Å²) >= 11 is 0. The van der Waals surface area contributed by atoms with E-state index in [4.69, 9.17) is 0 Å². The van der Waals surface area contributed by atoms with Crippen molar-refractivity contribution in [3.63, 3.8) is 0 Å². The first-order valence-electron chi connectivity index (χ1n) is 5.92. The van der Waals surface area contributed by atoms with Gasteiger partial charge in [0.15, 0.2) is 0 Å². The average Bonchev–Trinajstić information content (AvgIpc) is 2.32. The fraction of sp³-hybridized carbons (Fsp3) is 0.500. The lowest BCUT2D eigenvalue weighted by Gasteiger charge is -2.32. The summed E-state index contributed by atoms with van der Waals surface area (Å²) in [4.78, 5) is -0.226. The second-order valence-electron chi connectivity index (χ2n) is 4.56. The third kappa shape index (κ3) is 2.28. The van der Waals surface area contributed by atoms with Crippen LogP contribution in [0.3, 0.4) is 0 Å². The van der Waals surface area contributed by atoms with Crippen molar-refractivity contribution in [1.29, 1.82) is 0 Å². The Labute approximate surface area is 107 Å². The lowest BCUT2D eigenvalue weighted by atomic mass is 10.2. The Kier molecular flexibility index (Phi) is 3.70. The van der Waals surface area contributed by atoms with Crippen molar-refractivity contribution in [2.45, 2.75) is 24.8 Å². The summed E-state index contributed by atoms with van der Waals surface area (Å²) in [6, 6.07) is 4.30. The SMILES string of the molecule is Cc1cccc(S(=O)(=O)N2CCNCC2C)c1F. The first-order chi connectivity index (χ1) is 8.44. The number of sulfonamides is 1. The predicted octanol–water partition coefficient (Wildman–Crippen LogP) is 1.12. The molecule has 1 aliphatic heterocycles. The minimum absolute atomic E-state index is 0.163. The highest BCUT2D eigenvalue weighted by atomic mass is 32.2. The fourth-order valence-corrected chi connectivity index (χ4v) is 3.90. The van der Waals surface area contributed by atoms with Crippen molar-refractivity contribution >= 4 is 10.0 Å². The molecule has 0 bridgehead atoms. The molecule has 0 radical (unpaired) electrons. The molecule has 2 rings (SSSR count). The van der Waals surface area contributed by atoms with Crippen LogP contribution >= 0.6 is 0 Å². The van der Waals surface area contributed by atoms with Crippen molar-refractivity contribution in [3.05, 3.63) is 29.6 Å². The topological polar surface area (TPSA) is 49.4 Å². The highest BCUT2D eigenvalue weighted by Crippen LogP contribution is 2.23. The third-order valence-corrected chi connectivity index (χ3v) is 5.21. The molecule has 0 saturated carbocycles. The van der Waals surface area contributed by atoms with Crippen LogP contribution in [0.15, 0.2) is 23.1 Å². The fourth-order valence-electron chi connectivity index (χ4n) is 2.13. The second kappa shape index (κ2) is 4.95. The molecule has 0 aliphatic carbocycles. The Bertz CT molecular complexity index is 545. The molecule has 1 aromatic carbocycles. The van der Waals surface area contributed by atoms with Crippen LogP contribution in [0.25, 0.3) is 0 Å². The average molecular weight is 272 g/mol. The van der Waals surface area contributed by atoms with Gasteiger partial charge in [-0.3, -0.25) is 0 Å². The van der Waals surface area contributed by atoms with Gasteiger partial charge < -0.3 is 5.32 Å². The van der Waals surface area contributed by atoms with Gasteiger partial charge in [-0.15, -0.1) is 0 Å². The Morgan fingerprint density at radius 1 is 1.44 bits per heavy atom. The molecule has 100 valence electrons. The second-order valence-corrected chi connectivity index (χ2v) is 6.41. The molecule has 0 amide bonds. The van der Waals surface area contributed by atoms with Crippen LogP contribution in [0.4, 0.5) is 4.39 Å². The molecule has 0 spiro atoms. The Morgan fingerprint density at radius 2 is 2.17 bits per heavy atom. The van der Waals surface area contributed by atoms with Gasteiger partial charge in [-0.25, -0.2) is 12.8 Å². The Hall–Kier alpha value is -0.980. The summed E-state index contributed by atoms with van der Waals surface area (Å²) < 4.78 is 40.2. The number of nitrogens with one attached hydrogen (secondary N) is 1. The number of nitrogens with zero attached hydrogens (tertiary/aromatic N) is 1. The van der Waals surface area contributed by atoms with Crippen LogP contribution in [0.2, 0.25) is 0 Å². The number of hydrogen-bond acceptors (Lipinski definition) is 3. The van der Waals surface area contributed by atoms with Crippen molar-refractivity contribution in [2.24, 2.45) is 0 Å². The van der Waals surface area contributed by atoms with E-state index in [2.05, 4.69) is 5.32 Å². The van der Waals surface area contributed by atoms with Gasteiger partial charge in [0, 0.05) is 25.7 Å². The van der Waals surface area contributed by atoms with E-state index >= 15 is 0 Å². The van der Waals surface area contributed by atoms with Gasteiger partial charge in [-0.05, 0) is 25.5 Å². The van der Waals surface area contributed by atoms with Crippen LogP contribution in [-0.4, -0.2) is 38.4 Å². The van der Waals surface area contributed by atoms with E-state index in [0.29, 0.717) is 25.2 Å². The molecule has 18 heavy (non-hydrogen) atoms. The van der Waals surface area contributed by atoms with Crippen molar-refractivity contribution in [1.82, 2.24) is 9.62 Å². The maximum absolute atomic E-state index is 14.0. The van der Waals surface area contributed by atoms with Crippen LogP contribution in [-0.2, 0) is 10.0 Å². The molecular formula is C12H17FN2O2S. The number of piperazine rings is 1. The lowest BCUT2D eigenvalue weighted by Crippen LogP contribution is -2.52. The molecule has 1 aromatic rings. The van der Waals surface area contributed by atoms with Gasteiger partial charge >= 0.3 is 0 Å². The molecule has 1 N–H and O–H groups in total. The first kappa shape index (κ1) is 13.5. The summed E-state index contributed by atoms with van der Waals surface area (Å²) in [6.45, 7) is 4.94. The molecule has 0 aromatic heterocycles. The van der Waals surface area contributed by atoms with E-state index in [1.165, 1.54) is 10.4 Å². The highest BCUT2D eigenvalue weighted by molar-refractivity contribution is 7.89. The number of halogens is 1. The van der Waals surface area contributed by atoms with Crippen molar-refractivity contribution < 1.29 is 12.8 Å². The summed E-state index contributed by atoms with van der Waals surface area (Å²) in [5.74, 6) is -0.650. The van der Waals surface area contributed by atoms with Crippen molar-refractivity contribution in [2.75, 3.05) is 19.6 Å². The summed E-state index contributed by atoms with van der Waals surface area (Å²) in [5, 5.41) is 3.11. The molecule has 1 atom stereocenters. The summed E-state index contributed by atoms with van der Waals surface area (Å²) in [5.41, 5.74) is 0.346. The van der Waals surface area contributed by atoms with Crippen molar-refractivity contribution in [3.8, 4) is 0 Å². The normalized spacial score (nSPS) is 22.1. The molecule has 1 unspecified atom stereocenters. The smallest absolute Gasteiger partial charge is 0.246 e. The van der Waals surface area contributed by atoms with E-state index in [9.17, 15) is 12.8 Å². The molecule has 6 heteroatoms. The maximum atomic E-state index is 14.0. The molecule has 1 saturated heterocycles. The molecule has 4 nitrogen and oxygen atoms in total. The van der Waals surface area contributed by atoms with Crippen LogP contribution in [0.5, 0.6) is 0 Å². The number of rotatable bonds is 2. The monoisotopic (exact) mass is 272 g/mol. The predicted molar refractivity (Wildman–Crippen MR) is 67.4 cm³/mol. The van der Waals surface area contributed by atoms with Crippen LogP contribution < -0.4 is 5.32 Å². The zero-order valence-electron chi connectivity index (χ0n) is 10.5. The minimum Gasteiger partial charge on any atom is -0.314 e. The van der Waals surface area contributed by atoms with Gasteiger partial charge in [0.25, 0.3) is 0 Å². The number of hydrogen-bond donors (Lipinski definition) is 1. The van der Waals surface area contributed by atoms with Gasteiger partial charge in [0.1, 0.15) is 10.7 Å². The number of aryl methyl sites for hydroxylation is 1. The van der Waals surface area contributed by atoms with E-state index in [0.717, 1.165) is 0 Å². The standard InChI is InChI=1S/C12H17FN2O2S/c1-9-4-3-5-11(12(9)13)18(16,17)15-7-6-14-8-10(15)2/h3-5,10,14H,6-8H2,1-2H3. The van der Waals surface area contributed by atoms with Crippen LogP contribution in [0, 0.1) is 12.7 Å².